The van der Waals surface area contributed by atoms with Crippen LogP contribution in [-0.2, 0) is 4.74 Å². The van der Waals surface area contributed by atoms with Gasteiger partial charge in [-0.05, 0) is 31.2 Å². The Morgan fingerprint density at radius 1 is 1.25 bits per heavy atom. The van der Waals surface area contributed by atoms with Crippen LogP contribution in [-0.4, -0.2) is 47.4 Å². The second-order valence-corrected chi connectivity index (χ2v) is 5.11. The second-order valence-electron chi connectivity index (χ2n) is 5.11. The van der Waals surface area contributed by atoms with Crippen molar-refractivity contribution in [3.63, 3.8) is 0 Å². The van der Waals surface area contributed by atoms with E-state index in [1.54, 1.807) is 45.3 Å². The van der Waals surface area contributed by atoms with E-state index in [1.807, 2.05) is 0 Å². The first-order valence-electron chi connectivity index (χ1n) is 7.30. The van der Waals surface area contributed by atoms with Gasteiger partial charge in [0, 0.05) is 31.5 Å². The van der Waals surface area contributed by atoms with Gasteiger partial charge in [0.15, 0.2) is 0 Å². The number of rotatable bonds is 5. The van der Waals surface area contributed by atoms with Crippen molar-refractivity contribution in [1.29, 1.82) is 0 Å². The van der Waals surface area contributed by atoms with Crippen molar-refractivity contribution < 1.29 is 14.3 Å². The van der Waals surface area contributed by atoms with Crippen molar-refractivity contribution in [2.24, 2.45) is 0 Å². The van der Waals surface area contributed by atoms with Crippen molar-refractivity contribution in [3.05, 3.63) is 41.6 Å². The average Bonchev–Trinajstić information content (AvgIpc) is 2.55. The van der Waals surface area contributed by atoms with Crippen molar-refractivity contribution >= 4 is 29.3 Å². The van der Waals surface area contributed by atoms with Crippen LogP contribution in [0, 0.1) is 0 Å². The molecular weight excluding hydrogens is 310 g/mol. The van der Waals surface area contributed by atoms with E-state index in [1.165, 1.54) is 11.1 Å². The fourth-order valence-corrected chi connectivity index (χ4v) is 1.90. The normalized spacial score (nSPS) is 10.1. The zero-order valence-corrected chi connectivity index (χ0v) is 13.7. The Morgan fingerprint density at radius 2 is 1.92 bits per heavy atom. The van der Waals surface area contributed by atoms with E-state index in [2.05, 4.69) is 15.3 Å². The van der Waals surface area contributed by atoms with Crippen LogP contribution in [0.5, 0.6) is 0 Å². The van der Waals surface area contributed by atoms with Crippen LogP contribution in [0.2, 0.25) is 0 Å². The highest BCUT2D eigenvalue weighted by atomic mass is 16.5. The van der Waals surface area contributed by atoms with E-state index in [0.717, 1.165) is 0 Å². The number of aromatic nitrogens is 2. The molecule has 1 aromatic heterocycles. The molecule has 1 amide bonds. The van der Waals surface area contributed by atoms with E-state index < -0.39 is 5.97 Å². The number of nitrogen functional groups attached to an aromatic ring is 1. The first-order chi connectivity index (χ1) is 11.4. The predicted octanol–water partition coefficient (Wildman–Crippen LogP) is 1.68. The van der Waals surface area contributed by atoms with Gasteiger partial charge in [0.05, 0.1) is 6.61 Å². The number of carbonyl (C=O) groups excluding carboxylic acids is 2. The summed E-state index contributed by atoms with van der Waals surface area (Å²) in [5.74, 6) is -0.369. The van der Waals surface area contributed by atoms with E-state index in [-0.39, 0.29) is 29.8 Å². The molecule has 0 atom stereocenters. The van der Waals surface area contributed by atoms with Gasteiger partial charge >= 0.3 is 5.97 Å². The molecule has 126 valence electrons. The highest BCUT2D eigenvalue weighted by molar-refractivity contribution is 5.94. The summed E-state index contributed by atoms with van der Waals surface area (Å²) in [5.41, 5.74) is 7.14. The molecule has 24 heavy (non-hydrogen) atoms. The number of nitrogens with two attached hydrogens (primary N) is 1. The first-order valence-corrected chi connectivity index (χ1v) is 7.30. The second kappa shape index (κ2) is 7.40. The third kappa shape index (κ3) is 3.97. The number of benzene rings is 1. The molecule has 2 rings (SSSR count). The monoisotopic (exact) mass is 329 g/mol. The van der Waals surface area contributed by atoms with Crippen LogP contribution < -0.4 is 11.1 Å². The Bertz CT molecular complexity index is 744. The number of ether oxygens (including phenoxy) is 1. The van der Waals surface area contributed by atoms with Crippen LogP contribution in [0.1, 0.15) is 27.6 Å². The third-order valence-electron chi connectivity index (χ3n) is 3.11. The number of hydrogen-bond acceptors (Lipinski definition) is 7. The molecule has 0 bridgehead atoms. The van der Waals surface area contributed by atoms with Gasteiger partial charge in [-0.25, -0.2) is 9.78 Å². The molecule has 8 heteroatoms. The van der Waals surface area contributed by atoms with Crippen molar-refractivity contribution in [1.82, 2.24) is 14.9 Å². The van der Waals surface area contributed by atoms with Crippen LogP contribution >= 0.6 is 0 Å². The lowest BCUT2D eigenvalue weighted by Crippen LogP contribution is -2.21. The highest BCUT2D eigenvalue weighted by Crippen LogP contribution is 2.17. The quantitative estimate of drug-likeness (QED) is 0.803. The molecule has 0 spiro atoms. The maximum atomic E-state index is 11.8. The Labute approximate surface area is 139 Å². The lowest BCUT2D eigenvalue weighted by molar-refractivity contribution is 0.0526. The van der Waals surface area contributed by atoms with Crippen molar-refractivity contribution in [2.45, 2.75) is 6.92 Å². The van der Waals surface area contributed by atoms with Gasteiger partial charge < -0.3 is 20.7 Å². The maximum Gasteiger partial charge on any atom is 0.343 e. The lowest BCUT2D eigenvalue weighted by atomic mass is 10.2. The minimum atomic E-state index is -0.562. The molecule has 0 fully saturated rings. The standard InChI is InChI=1S/C16H19N5O3/c1-4-24-15(23)12-9-18-16(20-13(12)17)19-11-7-5-10(6-8-11)14(22)21(2)3/h5-9H,4H2,1-3H3,(H3,17,18,19,20). The largest absolute Gasteiger partial charge is 0.462 e. The van der Waals surface area contributed by atoms with Crippen LogP contribution in [0.4, 0.5) is 17.5 Å². The Morgan fingerprint density at radius 3 is 2.46 bits per heavy atom. The number of anilines is 3. The zero-order valence-electron chi connectivity index (χ0n) is 13.7. The molecule has 1 heterocycles. The van der Waals surface area contributed by atoms with Gasteiger partial charge in [-0.15, -0.1) is 0 Å². The van der Waals surface area contributed by atoms with E-state index in [4.69, 9.17) is 10.5 Å². The van der Waals surface area contributed by atoms with Gasteiger partial charge in [0.25, 0.3) is 5.91 Å². The zero-order chi connectivity index (χ0) is 17.7. The number of hydrogen-bond donors (Lipinski definition) is 2. The Kier molecular flexibility index (Phi) is 5.31. The predicted molar refractivity (Wildman–Crippen MR) is 90.1 cm³/mol. The molecule has 0 radical (unpaired) electrons. The molecule has 0 aliphatic heterocycles. The molecule has 2 aromatic rings. The van der Waals surface area contributed by atoms with Gasteiger partial charge in [-0.1, -0.05) is 0 Å². The van der Waals surface area contributed by atoms with E-state index in [9.17, 15) is 9.59 Å². The molecule has 0 saturated heterocycles. The SMILES string of the molecule is CCOC(=O)c1cnc(Nc2ccc(C(=O)N(C)C)cc2)nc1N. The molecule has 0 unspecified atom stereocenters. The number of esters is 1. The van der Waals surface area contributed by atoms with Gasteiger partial charge in [0.2, 0.25) is 5.95 Å². The summed E-state index contributed by atoms with van der Waals surface area (Å²) < 4.78 is 4.87. The van der Waals surface area contributed by atoms with Crippen molar-refractivity contribution in [2.75, 3.05) is 31.8 Å². The fraction of sp³-hybridized carbons (Fsp3) is 0.250. The van der Waals surface area contributed by atoms with E-state index >= 15 is 0 Å². The van der Waals surface area contributed by atoms with Gasteiger partial charge in [0.1, 0.15) is 11.4 Å². The first kappa shape index (κ1) is 17.2. The molecule has 0 saturated carbocycles. The topological polar surface area (TPSA) is 110 Å². The number of carbonyl (C=O) groups is 2. The van der Waals surface area contributed by atoms with Crippen LogP contribution in [0.15, 0.2) is 30.5 Å². The molecule has 1 aromatic carbocycles. The number of nitrogens with one attached hydrogen (secondary N) is 1. The fourth-order valence-electron chi connectivity index (χ4n) is 1.90. The summed E-state index contributed by atoms with van der Waals surface area (Å²) in [4.78, 5) is 33.1. The van der Waals surface area contributed by atoms with Gasteiger partial charge in [-0.3, -0.25) is 4.79 Å². The molecule has 0 aliphatic carbocycles. The number of amides is 1. The summed E-state index contributed by atoms with van der Waals surface area (Å²) in [6.07, 6.45) is 1.31. The molecule has 3 N–H and O–H groups in total. The minimum absolute atomic E-state index is 0.0327. The summed E-state index contributed by atoms with van der Waals surface area (Å²) in [6, 6.07) is 6.85. The summed E-state index contributed by atoms with van der Waals surface area (Å²) in [7, 11) is 3.38. The summed E-state index contributed by atoms with van der Waals surface area (Å²) >= 11 is 0. The van der Waals surface area contributed by atoms with E-state index in [0.29, 0.717) is 11.3 Å². The van der Waals surface area contributed by atoms with Gasteiger partial charge in [-0.2, -0.15) is 4.98 Å². The lowest BCUT2D eigenvalue weighted by Gasteiger charge is -2.11. The molecule has 8 nitrogen and oxygen atoms in total. The third-order valence-corrected chi connectivity index (χ3v) is 3.11. The Balaban J connectivity index is 2.12. The highest BCUT2D eigenvalue weighted by Gasteiger charge is 2.14. The van der Waals surface area contributed by atoms with Crippen molar-refractivity contribution in [3.8, 4) is 0 Å². The molecule has 0 aliphatic rings. The Hall–Kier alpha value is -3.16. The smallest absolute Gasteiger partial charge is 0.343 e. The maximum absolute atomic E-state index is 11.8. The number of nitrogens with zero attached hydrogens (tertiary/aromatic N) is 3. The molecular formula is C16H19N5O3. The van der Waals surface area contributed by atoms with Crippen LogP contribution in [0.25, 0.3) is 0 Å². The average molecular weight is 329 g/mol. The van der Waals surface area contributed by atoms with Crippen LogP contribution in [0.3, 0.4) is 0 Å². The minimum Gasteiger partial charge on any atom is -0.462 e. The summed E-state index contributed by atoms with van der Waals surface area (Å²) in [6.45, 7) is 1.95. The summed E-state index contributed by atoms with van der Waals surface area (Å²) in [5, 5.41) is 2.96.